The van der Waals surface area contributed by atoms with E-state index in [4.69, 9.17) is 25.1 Å². The van der Waals surface area contributed by atoms with Crippen LogP contribution in [0.1, 0.15) is 19.8 Å². The van der Waals surface area contributed by atoms with Crippen LogP contribution in [-0.4, -0.2) is 43.2 Å². The van der Waals surface area contributed by atoms with E-state index in [-0.39, 0.29) is 6.29 Å². The van der Waals surface area contributed by atoms with Crippen LogP contribution in [0.25, 0.3) is 0 Å². The van der Waals surface area contributed by atoms with Crippen LogP contribution in [0.2, 0.25) is 0 Å². The molecule has 0 aromatic carbocycles. The highest BCUT2D eigenvalue weighted by Gasteiger charge is 2.16. The second-order valence-corrected chi connectivity index (χ2v) is 4.10. The van der Waals surface area contributed by atoms with E-state index in [1.165, 1.54) is 0 Å². The molecule has 19 heavy (non-hydrogen) atoms. The first-order chi connectivity index (χ1) is 9.13. The van der Waals surface area contributed by atoms with Crippen molar-refractivity contribution in [2.45, 2.75) is 32.1 Å². The number of carbonyl (C=O) groups is 1. The fraction of sp³-hybridized carbons (Fsp3) is 0.615. The van der Waals surface area contributed by atoms with Gasteiger partial charge in [0, 0.05) is 0 Å². The van der Waals surface area contributed by atoms with E-state index in [0.717, 1.165) is 0 Å². The molecule has 3 N–H and O–H groups in total. The van der Waals surface area contributed by atoms with Crippen LogP contribution < -0.4 is 5.73 Å². The van der Waals surface area contributed by atoms with Gasteiger partial charge in [-0.3, -0.25) is 4.79 Å². The lowest BCUT2D eigenvalue weighted by Crippen LogP contribution is -2.29. The molecule has 1 atom stereocenters. The van der Waals surface area contributed by atoms with E-state index in [2.05, 4.69) is 0 Å². The number of hydrogen-bond donors (Lipinski definition) is 2. The predicted molar refractivity (Wildman–Crippen MR) is 69.4 cm³/mol. The molecule has 0 aliphatic carbocycles. The molecule has 0 aromatic heterocycles. The Morgan fingerprint density at radius 1 is 1.53 bits per heavy atom. The normalized spacial score (nSPS) is 18.9. The quantitative estimate of drug-likeness (QED) is 0.506. The first-order valence-corrected chi connectivity index (χ1v) is 6.30. The summed E-state index contributed by atoms with van der Waals surface area (Å²) in [6.45, 7) is 3.40. The van der Waals surface area contributed by atoms with Crippen LogP contribution in [0.3, 0.4) is 0 Å². The number of carboxylic acid groups (broad SMARTS) is 1. The number of carboxylic acids is 1. The third kappa shape index (κ3) is 6.37. The molecule has 1 saturated heterocycles. The van der Waals surface area contributed by atoms with Crippen molar-refractivity contribution in [1.82, 2.24) is 0 Å². The minimum Gasteiger partial charge on any atom is -0.489 e. The van der Waals surface area contributed by atoms with Crippen LogP contribution >= 0.6 is 0 Å². The third-order valence-electron chi connectivity index (χ3n) is 2.61. The number of ether oxygens (including phenoxy) is 3. The first kappa shape index (κ1) is 15.7. The molecule has 1 heterocycles. The molecule has 108 valence electrons. The summed E-state index contributed by atoms with van der Waals surface area (Å²) in [5, 5.41) is 8.63. The maximum absolute atomic E-state index is 10.5. The Hall–Kier alpha value is -1.37. The first-order valence-electron chi connectivity index (χ1n) is 6.30. The van der Waals surface area contributed by atoms with Gasteiger partial charge in [-0.2, -0.15) is 0 Å². The van der Waals surface area contributed by atoms with E-state index in [0.29, 0.717) is 38.4 Å². The minimum atomic E-state index is -0.980. The van der Waals surface area contributed by atoms with E-state index < -0.39 is 12.0 Å². The lowest BCUT2D eigenvalue weighted by atomic mass is 10.1. The fourth-order valence-corrected chi connectivity index (χ4v) is 1.49. The van der Waals surface area contributed by atoms with Crippen LogP contribution in [0.5, 0.6) is 0 Å². The van der Waals surface area contributed by atoms with Crippen molar-refractivity contribution in [3.05, 3.63) is 24.0 Å². The predicted octanol–water partition coefficient (Wildman–Crippen LogP) is 1.03. The number of rotatable bonds is 8. The topological polar surface area (TPSA) is 91.0 Å². The highest BCUT2D eigenvalue weighted by Crippen LogP contribution is 2.08. The molecule has 0 saturated carbocycles. The van der Waals surface area contributed by atoms with Crippen molar-refractivity contribution in [2.75, 3.05) is 19.8 Å². The van der Waals surface area contributed by atoms with Gasteiger partial charge in [-0.25, -0.2) is 0 Å². The summed E-state index contributed by atoms with van der Waals surface area (Å²) in [5.41, 5.74) is 5.39. The van der Waals surface area contributed by atoms with Crippen LogP contribution in [-0.2, 0) is 19.0 Å². The molecular weight excluding hydrogens is 250 g/mol. The molecule has 1 fully saturated rings. The Kier molecular flexibility index (Phi) is 7.17. The zero-order valence-electron chi connectivity index (χ0n) is 11.1. The monoisotopic (exact) mass is 271 g/mol. The van der Waals surface area contributed by atoms with E-state index in [1.54, 1.807) is 6.08 Å². The van der Waals surface area contributed by atoms with Gasteiger partial charge < -0.3 is 25.1 Å². The molecule has 0 aromatic rings. The standard InChI is InChI=1S/C13H21NO5/c1-2-10(19-9-12-17-7-8-18-12)5-3-4-6-11(14)13(15)16/h2-3,5,11-12H,4,6-9,14H2,1H3,(H,15,16)/b5-3-,10-2+. The van der Waals surface area contributed by atoms with Gasteiger partial charge in [0.15, 0.2) is 6.29 Å². The maximum atomic E-state index is 10.5. The van der Waals surface area contributed by atoms with Crippen molar-refractivity contribution in [2.24, 2.45) is 5.73 Å². The highest BCUT2D eigenvalue weighted by atomic mass is 16.7. The Morgan fingerprint density at radius 3 is 2.79 bits per heavy atom. The van der Waals surface area contributed by atoms with Crippen LogP contribution in [0.15, 0.2) is 24.0 Å². The van der Waals surface area contributed by atoms with Gasteiger partial charge in [0.1, 0.15) is 18.4 Å². The van der Waals surface area contributed by atoms with Gasteiger partial charge in [-0.15, -0.1) is 0 Å². The number of aliphatic carboxylic acids is 1. The molecule has 1 aliphatic heterocycles. The molecular formula is C13H21NO5. The SMILES string of the molecule is C/C=C(\C=C/CCC(N)C(=O)O)OCC1OCCO1. The summed E-state index contributed by atoms with van der Waals surface area (Å²) in [4.78, 5) is 10.5. The van der Waals surface area contributed by atoms with Gasteiger partial charge >= 0.3 is 5.97 Å². The zero-order chi connectivity index (χ0) is 14.1. The summed E-state index contributed by atoms with van der Waals surface area (Å²) in [6.07, 6.45) is 6.15. The van der Waals surface area contributed by atoms with Crippen molar-refractivity contribution in [3.63, 3.8) is 0 Å². The van der Waals surface area contributed by atoms with Gasteiger partial charge in [0.25, 0.3) is 0 Å². The molecule has 0 amide bonds. The van der Waals surface area contributed by atoms with E-state index in [1.807, 2.05) is 19.1 Å². The van der Waals surface area contributed by atoms with E-state index >= 15 is 0 Å². The van der Waals surface area contributed by atoms with Gasteiger partial charge in [-0.1, -0.05) is 6.08 Å². The average molecular weight is 271 g/mol. The second-order valence-electron chi connectivity index (χ2n) is 4.10. The Morgan fingerprint density at radius 2 is 2.21 bits per heavy atom. The van der Waals surface area contributed by atoms with Gasteiger partial charge in [0.2, 0.25) is 0 Å². The lowest BCUT2D eigenvalue weighted by Gasteiger charge is -2.11. The second kappa shape index (κ2) is 8.68. The van der Waals surface area contributed by atoms with Crippen LogP contribution in [0.4, 0.5) is 0 Å². The molecule has 0 spiro atoms. The van der Waals surface area contributed by atoms with Crippen molar-refractivity contribution >= 4 is 5.97 Å². The average Bonchev–Trinajstić information content (AvgIpc) is 2.90. The smallest absolute Gasteiger partial charge is 0.320 e. The number of nitrogens with two attached hydrogens (primary N) is 1. The summed E-state index contributed by atoms with van der Waals surface area (Å²) >= 11 is 0. The zero-order valence-corrected chi connectivity index (χ0v) is 11.1. The molecule has 1 rings (SSSR count). The maximum Gasteiger partial charge on any atom is 0.320 e. The molecule has 6 heteroatoms. The van der Waals surface area contributed by atoms with Crippen molar-refractivity contribution < 1.29 is 24.1 Å². The molecule has 6 nitrogen and oxygen atoms in total. The fourth-order valence-electron chi connectivity index (χ4n) is 1.49. The Labute approximate surface area is 112 Å². The largest absolute Gasteiger partial charge is 0.489 e. The van der Waals surface area contributed by atoms with Gasteiger partial charge in [0.05, 0.1) is 13.2 Å². The molecule has 0 bridgehead atoms. The highest BCUT2D eigenvalue weighted by molar-refractivity contribution is 5.72. The molecule has 1 unspecified atom stereocenters. The lowest BCUT2D eigenvalue weighted by molar-refractivity contribution is -0.138. The summed E-state index contributed by atoms with van der Waals surface area (Å²) in [5.74, 6) is -0.283. The van der Waals surface area contributed by atoms with Crippen molar-refractivity contribution in [1.29, 1.82) is 0 Å². The summed E-state index contributed by atoms with van der Waals surface area (Å²) in [7, 11) is 0. The van der Waals surface area contributed by atoms with E-state index in [9.17, 15) is 4.79 Å². The van der Waals surface area contributed by atoms with Gasteiger partial charge in [-0.05, 0) is 31.9 Å². The van der Waals surface area contributed by atoms with Crippen LogP contribution in [0, 0.1) is 0 Å². The number of allylic oxidation sites excluding steroid dienone is 3. The summed E-state index contributed by atoms with van der Waals surface area (Å²) in [6, 6.07) is -0.820. The third-order valence-corrected chi connectivity index (χ3v) is 2.61. The summed E-state index contributed by atoms with van der Waals surface area (Å²) < 4.78 is 16.0. The Balaban J connectivity index is 2.21. The molecule has 1 aliphatic rings. The number of hydrogen-bond acceptors (Lipinski definition) is 5. The van der Waals surface area contributed by atoms with Crippen molar-refractivity contribution in [3.8, 4) is 0 Å². The Bertz CT molecular complexity index is 334. The molecule has 0 radical (unpaired) electrons. The minimum absolute atomic E-state index is 0.302.